The second kappa shape index (κ2) is 8.96. The summed E-state index contributed by atoms with van der Waals surface area (Å²) in [5, 5.41) is 12.2. The van der Waals surface area contributed by atoms with Crippen LogP contribution in [0.15, 0.2) is 67.4 Å². The lowest BCUT2D eigenvalue weighted by Gasteiger charge is -2.36. The van der Waals surface area contributed by atoms with Crippen molar-refractivity contribution in [1.29, 1.82) is 0 Å². The van der Waals surface area contributed by atoms with Crippen LogP contribution < -0.4 is 15.5 Å². The summed E-state index contributed by atoms with van der Waals surface area (Å²) in [5.74, 6) is 0.823. The molecule has 2 aromatic carbocycles. The topological polar surface area (TPSA) is 83.3 Å². The van der Waals surface area contributed by atoms with Gasteiger partial charge in [-0.2, -0.15) is 5.10 Å². The summed E-state index contributed by atoms with van der Waals surface area (Å²) in [6.45, 7) is 7.39. The molecule has 0 radical (unpaired) electrons. The summed E-state index contributed by atoms with van der Waals surface area (Å²) in [4.78, 5) is 15.8. The highest BCUT2D eigenvalue weighted by Crippen LogP contribution is 2.29. The molecule has 6 rings (SSSR count). The molecule has 0 saturated carbocycles. The van der Waals surface area contributed by atoms with Crippen LogP contribution in [0.25, 0.3) is 16.6 Å². The first-order chi connectivity index (χ1) is 17.1. The Morgan fingerprint density at radius 3 is 2.86 bits per heavy atom. The maximum Gasteiger partial charge on any atom is 0.155 e. The lowest BCUT2D eigenvalue weighted by molar-refractivity contribution is 0.501. The quantitative estimate of drug-likeness (QED) is 0.405. The van der Waals surface area contributed by atoms with Crippen LogP contribution in [-0.4, -0.2) is 50.2 Å². The molecule has 4 heterocycles. The predicted octanol–water partition coefficient (Wildman–Crippen LogP) is 4.11. The number of nitrogens with one attached hydrogen (secondary N) is 2. The van der Waals surface area contributed by atoms with Crippen LogP contribution in [0.3, 0.4) is 0 Å². The Balaban J connectivity index is 1.26. The van der Waals surface area contributed by atoms with Gasteiger partial charge in [-0.05, 0) is 79.4 Å². The van der Waals surface area contributed by atoms with Gasteiger partial charge < -0.3 is 15.5 Å². The molecule has 0 spiro atoms. The van der Waals surface area contributed by atoms with E-state index in [9.17, 15) is 0 Å². The maximum absolute atomic E-state index is 4.58. The summed E-state index contributed by atoms with van der Waals surface area (Å²) in [5.41, 5.74) is 7.74. The molecule has 1 aliphatic rings. The van der Waals surface area contributed by atoms with Crippen LogP contribution in [0, 0.1) is 6.92 Å². The fraction of sp³-hybridized carbons (Fsp3) is 0.259. The smallest absolute Gasteiger partial charge is 0.155 e. The third-order valence-corrected chi connectivity index (χ3v) is 6.80. The second-order valence-corrected chi connectivity index (χ2v) is 9.21. The van der Waals surface area contributed by atoms with Crippen molar-refractivity contribution in [2.45, 2.75) is 26.3 Å². The van der Waals surface area contributed by atoms with E-state index in [1.165, 1.54) is 22.4 Å². The zero-order valence-electron chi connectivity index (χ0n) is 19.9. The molecule has 1 fully saturated rings. The highest BCUT2D eigenvalue weighted by Gasteiger charge is 2.19. The van der Waals surface area contributed by atoms with Crippen LogP contribution in [-0.2, 0) is 6.42 Å². The van der Waals surface area contributed by atoms with Crippen LogP contribution in [0.2, 0.25) is 0 Å². The highest BCUT2D eigenvalue weighted by molar-refractivity contribution is 5.93. The molecule has 35 heavy (non-hydrogen) atoms. The number of rotatable bonds is 5. The van der Waals surface area contributed by atoms with E-state index in [0.29, 0.717) is 6.04 Å². The minimum atomic E-state index is 0.447. The number of benzene rings is 2. The van der Waals surface area contributed by atoms with Gasteiger partial charge in [-0.1, -0.05) is 6.07 Å². The van der Waals surface area contributed by atoms with Crippen LogP contribution in [0.5, 0.6) is 0 Å². The van der Waals surface area contributed by atoms with Crippen LogP contribution >= 0.6 is 0 Å². The van der Waals surface area contributed by atoms with Crippen molar-refractivity contribution in [3.63, 3.8) is 0 Å². The van der Waals surface area contributed by atoms with Crippen molar-refractivity contribution in [3.05, 3.63) is 84.1 Å². The molecule has 0 aliphatic carbocycles. The van der Waals surface area contributed by atoms with E-state index in [-0.39, 0.29) is 0 Å². The number of fused-ring (bicyclic) bond motifs is 2. The minimum Gasteiger partial charge on any atom is -0.366 e. The molecule has 0 amide bonds. The number of piperazine rings is 1. The lowest BCUT2D eigenvalue weighted by Crippen LogP contribution is -2.49. The van der Waals surface area contributed by atoms with Gasteiger partial charge in [-0.3, -0.25) is 0 Å². The first-order valence-corrected chi connectivity index (χ1v) is 12.0. The molecule has 2 N–H and O–H groups in total. The predicted molar refractivity (Wildman–Crippen MR) is 139 cm³/mol. The van der Waals surface area contributed by atoms with E-state index in [4.69, 9.17) is 0 Å². The first kappa shape index (κ1) is 21.5. The van der Waals surface area contributed by atoms with Crippen molar-refractivity contribution < 1.29 is 0 Å². The zero-order valence-corrected chi connectivity index (χ0v) is 19.9. The number of anilines is 3. The van der Waals surface area contributed by atoms with Crippen molar-refractivity contribution in [1.82, 2.24) is 29.9 Å². The number of aromatic nitrogens is 5. The average molecular weight is 465 g/mol. The van der Waals surface area contributed by atoms with Gasteiger partial charge in [0.05, 0.1) is 5.52 Å². The Morgan fingerprint density at radius 2 is 1.97 bits per heavy atom. The monoisotopic (exact) mass is 464 g/mol. The lowest BCUT2D eigenvalue weighted by atomic mass is 10.0. The number of nitrogens with zero attached hydrogens (tertiary/aromatic N) is 6. The minimum absolute atomic E-state index is 0.447. The van der Waals surface area contributed by atoms with Gasteiger partial charge in [-0.15, -0.1) is 0 Å². The normalized spacial score (nSPS) is 16.2. The molecule has 8 nitrogen and oxygen atoms in total. The number of aryl methyl sites for hydroxylation is 1. The molecule has 1 atom stereocenters. The zero-order chi connectivity index (χ0) is 23.8. The second-order valence-electron chi connectivity index (χ2n) is 9.21. The molecule has 1 aliphatic heterocycles. The maximum atomic E-state index is 4.58. The van der Waals surface area contributed by atoms with E-state index in [2.05, 4.69) is 98.0 Å². The van der Waals surface area contributed by atoms with Gasteiger partial charge >= 0.3 is 0 Å². The summed E-state index contributed by atoms with van der Waals surface area (Å²) in [7, 11) is 0. The molecule has 176 valence electrons. The van der Waals surface area contributed by atoms with E-state index >= 15 is 0 Å². The standard InChI is InChI=1S/C27H28N8/c1-18-11-22(4-3-21(18)12-20-7-9-35-26(13-20)30-17-32-35)33-27-24-14-23(5-6-25(24)29-16-31-27)34-10-8-28-15-19(34)2/h3-7,9,11,13-14,16-17,19,28H,8,10,12,15H2,1-2H3,(H,29,31,33). The van der Waals surface area contributed by atoms with Crippen molar-refractivity contribution in [3.8, 4) is 0 Å². The Labute approximate surface area is 204 Å². The SMILES string of the molecule is Cc1cc(Nc2ncnc3ccc(N4CCNCC4C)cc23)ccc1Cc1ccn2ncnc2c1. The fourth-order valence-corrected chi connectivity index (χ4v) is 4.84. The Bertz CT molecular complexity index is 1510. The summed E-state index contributed by atoms with van der Waals surface area (Å²) in [6, 6.07) is 17.6. The van der Waals surface area contributed by atoms with Crippen molar-refractivity contribution in [2.24, 2.45) is 0 Å². The summed E-state index contributed by atoms with van der Waals surface area (Å²) < 4.78 is 1.78. The van der Waals surface area contributed by atoms with Crippen LogP contribution in [0.1, 0.15) is 23.6 Å². The van der Waals surface area contributed by atoms with Gasteiger partial charge in [0.1, 0.15) is 18.5 Å². The van der Waals surface area contributed by atoms with Gasteiger partial charge in [0.15, 0.2) is 5.65 Å². The molecule has 0 bridgehead atoms. The van der Waals surface area contributed by atoms with E-state index < -0.39 is 0 Å². The molecular formula is C27H28N8. The fourth-order valence-electron chi connectivity index (χ4n) is 4.84. The molecule has 8 heteroatoms. The van der Waals surface area contributed by atoms with Gasteiger partial charge in [0.25, 0.3) is 0 Å². The van der Waals surface area contributed by atoms with Gasteiger partial charge in [0, 0.05) is 48.6 Å². The molecule has 3 aromatic heterocycles. The van der Waals surface area contributed by atoms with Gasteiger partial charge in [0.2, 0.25) is 0 Å². The molecular weight excluding hydrogens is 436 g/mol. The van der Waals surface area contributed by atoms with Crippen molar-refractivity contribution in [2.75, 3.05) is 29.9 Å². The summed E-state index contributed by atoms with van der Waals surface area (Å²) in [6.07, 6.45) is 6.01. The number of hydrogen-bond donors (Lipinski definition) is 2. The molecule has 1 unspecified atom stereocenters. The molecule has 5 aromatic rings. The Morgan fingerprint density at radius 1 is 1.03 bits per heavy atom. The van der Waals surface area contributed by atoms with E-state index in [0.717, 1.165) is 54.1 Å². The van der Waals surface area contributed by atoms with Gasteiger partial charge in [-0.25, -0.2) is 19.5 Å². The highest BCUT2D eigenvalue weighted by atomic mass is 15.3. The Hall–Kier alpha value is -4.04. The average Bonchev–Trinajstić information content (AvgIpc) is 3.34. The summed E-state index contributed by atoms with van der Waals surface area (Å²) >= 11 is 0. The third kappa shape index (κ3) is 4.28. The Kier molecular flexibility index (Phi) is 5.50. The van der Waals surface area contributed by atoms with Crippen LogP contribution in [0.4, 0.5) is 17.2 Å². The van der Waals surface area contributed by atoms with E-state index in [1.807, 2.05) is 6.20 Å². The molecule has 1 saturated heterocycles. The third-order valence-electron chi connectivity index (χ3n) is 6.80. The van der Waals surface area contributed by atoms with E-state index in [1.54, 1.807) is 17.2 Å². The number of pyridine rings is 1. The first-order valence-electron chi connectivity index (χ1n) is 12.0. The van der Waals surface area contributed by atoms with Crippen molar-refractivity contribution >= 4 is 33.7 Å². The largest absolute Gasteiger partial charge is 0.366 e. The number of hydrogen-bond acceptors (Lipinski definition) is 7.